The van der Waals surface area contributed by atoms with E-state index in [2.05, 4.69) is 0 Å². The number of aliphatic hydroxyl groups is 2. The maximum absolute atomic E-state index is 12.4. The number of aliphatic hydroxyl groups excluding tert-OH is 2. The van der Waals surface area contributed by atoms with Gasteiger partial charge in [0.2, 0.25) is 10.0 Å². The highest BCUT2D eigenvalue weighted by molar-refractivity contribution is 7.89. The Hall–Kier alpha value is -1.06. The Balaban J connectivity index is 2.44. The summed E-state index contributed by atoms with van der Waals surface area (Å²) in [5.41, 5.74) is 5.77. The smallest absolute Gasteiger partial charge is 0.243 e. The van der Waals surface area contributed by atoms with Crippen LogP contribution in [0.2, 0.25) is 0 Å². The normalized spacial score (nSPS) is 24.5. The van der Waals surface area contributed by atoms with Crippen LogP contribution in [0.3, 0.4) is 0 Å². The standard InChI is InChI=1S/C11H14N2O4S2/c12-11(18)7-3-1-2-4-10(7)19(16,17)13-5-8(14)9(15)6-13/h1-4,8-9,14-15H,5-6H2,(H2,12,18). The van der Waals surface area contributed by atoms with Gasteiger partial charge in [-0.15, -0.1) is 0 Å². The summed E-state index contributed by atoms with van der Waals surface area (Å²) >= 11 is 4.84. The lowest BCUT2D eigenvalue weighted by molar-refractivity contribution is 0.0572. The Morgan fingerprint density at radius 1 is 1.26 bits per heavy atom. The van der Waals surface area contributed by atoms with Crippen molar-refractivity contribution < 1.29 is 18.6 Å². The monoisotopic (exact) mass is 302 g/mol. The molecule has 1 aliphatic heterocycles. The van der Waals surface area contributed by atoms with Crippen LogP contribution in [-0.4, -0.2) is 53.2 Å². The summed E-state index contributed by atoms with van der Waals surface area (Å²) in [6.45, 7) is -0.287. The van der Waals surface area contributed by atoms with Crippen molar-refractivity contribution >= 4 is 27.2 Å². The highest BCUT2D eigenvalue weighted by Crippen LogP contribution is 2.24. The van der Waals surface area contributed by atoms with Crippen LogP contribution in [0.4, 0.5) is 0 Å². The van der Waals surface area contributed by atoms with Gasteiger partial charge >= 0.3 is 0 Å². The largest absolute Gasteiger partial charge is 0.389 e. The van der Waals surface area contributed by atoms with E-state index >= 15 is 0 Å². The van der Waals surface area contributed by atoms with Crippen LogP contribution in [0, 0.1) is 0 Å². The molecule has 19 heavy (non-hydrogen) atoms. The summed E-state index contributed by atoms with van der Waals surface area (Å²) in [5.74, 6) is 0. The molecule has 0 radical (unpaired) electrons. The fourth-order valence-corrected chi connectivity index (χ4v) is 3.89. The molecule has 0 aromatic heterocycles. The van der Waals surface area contributed by atoms with E-state index in [0.717, 1.165) is 4.31 Å². The predicted octanol–water partition coefficient (Wildman–Crippen LogP) is -0.953. The highest BCUT2D eigenvalue weighted by atomic mass is 32.2. The molecule has 2 rings (SSSR count). The molecule has 1 aromatic rings. The van der Waals surface area contributed by atoms with E-state index in [4.69, 9.17) is 18.0 Å². The first-order valence-corrected chi connectivity index (χ1v) is 7.44. The third-order valence-electron chi connectivity index (χ3n) is 3.00. The molecule has 0 saturated carbocycles. The van der Waals surface area contributed by atoms with E-state index in [1.165, 1.54) is 12.1 Å². The molecule has 4 N–H and O–H groups in total. The van der Waals surface area contributed by atoms with Crippen molar-refractivity contribution in [1.82, 2.24) is 4.31 Å². The molecule has 1 aliphatic rings. The average Bonchev–Trinajstić information content (AvgIpc) is 2.70. The van der Waals surface area contributed by atoms with E-state index in [1.807, 2.05) is 0 Å². The maximum atomic E-state index is 12.4. The minimum absolute atomic E-state index is 0.0104. The summed E-state index contributed by atoms with van der Waals surface area (Å²) in [6.07, 6.45) is -2.15. The van der Waals surface area contributed by atoms with Crippen molar-refractivity contribution in [3.63, 3.8) is 0 Å². The van der Waals surface area contributed by atoms with Crippen molar-refractivity contribution in [3.8, 4) is 0 Å². The molecule has 2 atom stereocenters. The number of rotatable bonds is 3. The van der Waals surface area contributed by atoms with Crippen molar-refractivity contribution in [2.45, 2.75) is 17.1 Å². The first-order valence-electron chi connectivity index (χ1n) is 5.59. The number of benzene rings is 1. The van der Waals surface area contributed by atoms with E-state index in [9.17, 15) is 18.6 Å². The second-order valence-electron chi connectivity index (χ2n) is 4.32. The van der Waals surface area contributed by atoms with Crippen LogP contribution in [0.1, 0.15) is 5.56 Å². The van der Waals surface area contributed by atoms with Crippen molar-refractivity contribution in [1.29, 1.82) is 0 Å². The summed E-state index contributed by atoms with van der Waals surface area (Å²) in [6, 6.07) is 6.14. The highest BCUT2D eigenvalue weighted by Gasteiger charge is 2.38. The Bertz CT molecular complexity index is 592. The summed E-state index contributed by atoms with van der Waals surface area (Å²) in [5, 5.41) is 18.9. The van der Waals surface area contributed by atoms with Gasteiger partial charge in [0.05, 0.1) is 17.1 Å². The average molecular weight is 302 g/mol. The van der Waals surface area contributed by atoms with E-state index < -0.39 is 22.2 Å². The van der Waals surface area contributed by atoms with E-state index in [0.29, 0.717) is 0 Å². The number of nitrogens with two attached hydrogens (primary N) is 1. The molecule has 6 nitrogen and oxygen atoms in total. The first-order chi connectivity index (χ1) is 8.84. The Morgan fingerprint density at radius 3 is 2.32 bits per heavy atom. The number of sulfonamides is 1. The molecule has 1 heterocycles. The second kappa shape index (κ2) is 5.14. The van der Waals surface area contributed by atoms with Crippen molar-refractivity contribution in [2.75, 3.05) is 13.1 Å². The fraction of sp³-hybridized carbons (Fsp3) is 0.364. The zero-order valence-electron chi connectivity index (χ0n) is 9.93. The summed E-state index contributed by atoms with van der Waals surface area (Å²) < 4.78 is 25.9. The molecule has 1 saturated heterocycles. The van der Waals surface area contributed by atoms with Crippen molar-refractivity contribution in [3.05, 3.63) is 29.8 Å². The molecule has 1 aromatic carbocycles. The lowest BCUT2D eigenvalue weighted by Gasteiger charge is -2.17. The van der Waals surface area contributed by atoms with Gasteiger partial charge in [0.15, 0.2) is 0 Å². The zero-order valence-corrected chi connectivity index (χ0v) is 11.6. The zero-order chi connectivity index (χ0) is 14.2. The molecule has 0 amide bonds. The number of hydrogen-bond donors (Lipinski definition) is 3. The fourth-order valence-electron chi connectivity index (χ4n) is 1.97. The summed E-state index contributed by atoms with van der Waals surface area (Å²) in [7, 11) is -3.83. The predicted molar refractivity (Wildman–Crippen MR) is 73.1 cm³/mol. The van der Waals surface area contributed by atoms with Crippen LogP contribution in [0.5, 0.6) is 0 Å². The molecule has 1 fully saturated rings. The van der Waals surface area contributed by atoms with Gasteiger partial charge in [0, 0.05) is 18.7 Å². The third kappa shape index (κ3) is 2.63. The van der Waals surface area contributed by atoms with Gasteiger partial charge in [0.1, 0.15) is 4.99 Å². The molecule has 0 spiro atoms. The molecule has 104 valence electrons. The van der Waals surface area contributed by atoms with Gasteiger partial charge < -0.3 is 15.9 Å². The lowest BCUT2D eigenvalue weighted by atomic mass is 10.2. The van der Waals surface area contributed by atoms with Gasteiger partial charge in [0.25, 0.3) is 0 Å². The SMILES string of the molecule is NC(=S)c1ccccc1S(=O)(=O)N1CC(O)C(O)C1. The van der Waals surface area contributed by atoms with E-state index in [-0.39, 0.29) is 28.5 Å². The van der Waals surface area contributed by atoms with Gasteiger partial charge in [-0.25, -0.2) is 8.42 Å². The first kappa shape index (κ1) is 14.4. The van der Waals surface area contributed by atoms with Gasteiger partial charge in [-0.2, -0.15) is 4.31 Å². The number of nitrogens with zero attached hydrogens (tertiary/aromatic N) is 1. The number of thiocarbonyl (C=S) groups is 1. The number of hydrogen-bond acceptors (Lipinski definition) is 5. The topological polar surface area (TPSA) is 104 Å². The molecular weight excluding hydrogens is 288 g/mol. The Labute approximate surface area is 116 Å². The number of β-amino-alcohol motifs (C(OH)–C–C–N with tert-alkyl or cyclic N) is 2. The molecule has 8 heteroatoms. The summed E-state index contributed by atoms with van der Waals surface area (Å²) in [4.78, 5) is -0.0248. The second-order valence-corrected chi connectivity index (χ2v) is 6.66. The minimum atomic E-state index is -3.83. The van der Waals surface area contributed by atoms with Crippen LogP contribution >= 0.6 is 12.2 Å². The van der Waals surface area contributed by atoms with Gasteiger partial charge in [-0.3, -0.25) is 0 Å². The quantitative estimate of drug-likeness (QED) is 0.622. The Morgan fingerprint density at radius 2 is 1.79 bits per heavy atom. The van der Waals surface area contributed by atoms with Crippen LogP contribution < -0.4 is 5.73 Å². The van der Waals surface area contributed by atoms with Gasteiger partial charge in [-0.1, -0.05) is 30.4 Å². The van der Waals surface area contributed by atoms with Crippen LogP contribution in [0.25, 0.3) is 0 Å². The van der Waals surface area contributed by atoms with Crippen LogP contribution in [-0.2, 0) is 10.0 Å². The molecular formula is C11H14N2O4S2. The maximum Gasteiger partial charge on any atom is 0.243 e. The van der Waals surface area contributed by atoms with Crippen molar-refractivity contribution in [2.24, 2.45) is 5.73 Å². The Kier molecular flexibility index (Phi) is 3.88. The van der Waals surface area contributed by atoms with Gasteiger partial charge in [-0.05, 0) is 6.07 Å². The minimum Gasteiger partial charge on any atom is -0.389 e. The molecule has 0 bridgehead atoms. The molecule has 0 aliphatic carbocycles. The molecule has 2 unspecified atom stereocenters. The lowest BCUT2D eigenvalue weighted by Crippen LogP contribution is -2.31. The third-order valence-corrected chi connectivity index (χ3v) is 5.11. The van der Waals surface area contributed by atoms with Crippen LogP contribution in [0.15, 0.2) is 29.2 Å². The van der Waals surface area contributed by atoms with E-state index in [1.54, 1.807) is 12.1 Å².